The third-order valence-electron chi connectivity index (χ3n) is 4.43. The first-order chi connectivity index (χ1) is 11.7. The fraction of sp³-hybridized carbons (Fsp3) is 0.278. The molecule has 3 aromatic rings. The molecule has 24 heavy (non-hydrogen) atoms. The minimum absolute atomic E-state index is 0.106. The Morgan fingerprint density at radius 1 is 1.17 bits per heavy atom. The van der Waals surface area contributed by atoms with Crippen LogP contribution in [0.3, 0.4) is 0 Å². The van der Waals surface area contributed by atoms with E-state index in [0.29, 0.717) is 19.6 Å². The molecule has 0 N–H and O–H groups in total. The number of benzene rings is 1. The van der Waals surface area contributed by atoms with Crippen LogP contribution < -0.4 is 4.90 Å². The van der Waals surface area contributed by atoms with Gasteiger partial charge in [0, 0.05) is 44.5 Å². The van der Waals surface area contributed by atoms with Gasteiger partial charge in [0.05, 0.1) is 24.1 Å². The molecule has 0 bridgehead atoms. The fourth-order valence-electron chi connectivity index (χ4n) is 3.20. The van der Waals surface area contributed by atoms with E-state index in [1.807, 2.05) is 37.6 Å². The molecular weight excluding hydrogens is 302 g/mol. The number of carbonyl (C=O) groups is 1. The number of hydrogen-bond acceptors (Lipinski definition) is 4. The number of hydrogen-bond donors (Lipinski definition) is 0. The van der Waals surface area contributed by atoms with E-state index < -0.39 is 0 Å². The van der Waals surface area contributed by atoms with Gasteiger partial charge in [-0.2, -0.15) is 5.10 Å². The number of rotatable bonds is 3. The smallest absolute Gasteiger partial charge is 0.241 e. The lowest BCUT2D eigenvalue weighted by Crippen LogP contribution is -2.50. The van der Waals surface area contributed by atoms with Gasteiger partial charge in [0.2, 0.25) is 5.91 Å². The second kappa shape index (κ2) is 6.05. The van der Waals surface area contributed by atoms with Gasteiger partial charge in [0.15, 0.2) is 0 Å². The monoisotopic (exact) mass is 321 g/mol. The van der Waals surface area contributed by atoms with E-state index in [1.165, 1.54) is 5.39 Å². The van der Waals surface area contributed by atoms with Crippen molar-refractivity contribution in [2.45, 2.75) is 6.54 Å². The van der Waals surface area contributed by atoms with Crippen molar-refractivity contribution in [2.24, 2.45) is 7.05 Å². The molecule has 122 valence electrons. The number of amides is 1. The first-order valence-electron chi connectivity index (χ1n) is 8.05. The van der Waals surface area contributed by atoms with Crippen molar-refractivity contribution in [3.05, 3.63) is 54.6 Å². The SMILES string of the molecule is Cn1cc(N2CCN(Cc3nccc4ccccc34)CC2=O)cn1. The van der Waals surface area contributed by atoms with Crippen LogP contribution in [-0.4, -0.2) is 45.2 Å². The Labute approximate surface area is 140 Å². The molecule has 0 unspecified atom stereocenters. The first-order valence-corrected chi connectivity index (χ1v) is 8.05. The Kier molecular flexibility index (Phi) is 3.74. The van der Waals surface area contributed by atoms with Crippen molar-refractivity contribution < 1.29 is 4.79 Å². The molecule has 2 aromatic heterocycles. The lowest BCUT2D eigenvalue weighted by Gasteiger charge is -2.33. The Bertz CT molecular complexity index is 883. The van der Waals surface area contributed by atoms with Crippen LogP contribution in [0.15, 0.2) is 48.9 Å². The molecule has 0 saturated carbocycles. The highest BCUT2D eigenvalue weighted by atomic mass is 16.2. The molecule has 0 radical (unpaired) electrons. The van der Waals surface area contributed by atoms with Gasteiger partial charge in [0.1, 0.15) is 0 Å². The van der Waals surface area contributed by atoms with Gasteiger partial charge in [0.25, 0.3) is 0 Å². The second-order valence-corrected chi connectivity index (χ2v) is 6.11. The number of pyridine rings is 1. The van der Waals surface area contributed by atoms with Gasteiger partial charge in [-0.25, -0.2) is 0 Å². The van der Waals surface area contributed by atoms with Gasteiger partial charge < -0.3 is 4.90 Å². The van der Waals surface area contributed by atoms with Crippen LogP contribution in [0, 0.1) is 0 Å². The summed E-state index contributed by atoms with van der Waals surface area (Å²) in [4.78, 5) is 21.0. The minimum atomic E-state index is 0.106. The molecule has 1 amide bonds. The summed E-state index contributed by atoms with van der Waals surface area (Å²) in [5.41, 5.74) is 1.89. The summed E-state index contributed by atoms with van der Waals surface area (Å²) in [6, 6.07) is 10.3. The van der Waals surface area contributed by atoms with Crippen molar-refractivity contribution in [1.82, 2.24) is 19.7 Å². The van der Waals surface area contributed by atoms with E-state index in [2.05, 4.69) is 27.1 Å². The molecule has 6 heteroatoms. The number of fused-ring (bicyclic) bond motifs is 1. The van der Waals surface area contributed by atoms with Gasteiger partial charge in [-0.3, -0.25) is 19.4 Å². The molecule has 1 aromatic carbocycles. The molecule has 1 saturated heterocycles. The number of aromatic nitrogens is 3. The van der Waals surface area contributed by atoms with Crippen molar-refractivity contribution in [2.75, 3.05) is 24.5 Å². The van der Waals surface area contributed by atoms with E-state index >= 15 is 0 Å². The first kappa shape index (κ1) is 14.8. The number of nitrogens with zero attached hydrogens (tertiary/aromatic N) is 5. The summed E-state index contributed by atoms with van der Waals surface area (Å²) >= 11 is 0. The third kappa shape index (κ3) is 2.76. The predicted octanol–water partition coefficient (Wildman–Crippen LogP) is 1.82. The number of anilines is 1. The zero-order valence-corrected chi connectivity index (χ0v) is 13.6. The quantitative estimate of drug-likeness (QED) is 0.738. The van der Waals surface area contributed by atoms with Crippen molar-refractivity contribution >= 4 is 22.4 Å². The average molecular weight is 321 g/mol. The van der Waals surface area contributed by atoms with Crippen molar-refractivity contribution in [3.63, 3.8) is 0 Å². The molecule has 0 atom stereocenters. The summed E-state index contributed by atoms with van der Waals surface area (Å²) in [7, 11) is 1.86. The van der Waals surface area contributed by atoms with Crippen molar-refractivity contribution in [3.8, 4) is 0 Å². The molecule has 0 aliphatic carbocycles. The maximum atomic E-state index is 12.5. The van der Waals surface area contributed by atoms with Crippen LogP contribution in [0.5, 0.6) is 0 Å². The molecule has 4 rings (SSSR count). The molecule has 1 aliphatic rings. The number of carbonyl (C=O) groups excluding carboxylic acids is 1. The summed E-state index contributed by atoms with van der Waals surface area (Å²) < 4.78 is 1.72. The highest BCUT2D eigenvalue weighted by molar-refractivity contribution is 5.95. The molecule has 0 spiro atoms. The van der Waals surface area contributed by atoms with Crippen molar-refractivity contribution in [1.29, 1.82) is 0 Å². The molecular formula is C18H19N5O. The van der Waals surface area contributed by atoms with Crippen LogP contribution in [0.4, 0.5) is 5.69 Å². The van der Waals surface area contributed by atoms with Gasteiger partial charge >= 0.3 is 0 Å². The Morgan fingerprint density at radius 3 is 2.83 bits per heavy atom. The van der Waals surface area contributed by atoms with Crippen LogP contribution in [0.2, 0.25) is 0 Å². The van der Waals surface area contributed by atoms with E-state index in [9.17, 15) is 4.79 Å². The largest absolute Gasteiger partial charge is 0.307 e. The highest BCUT2D eigenvalue weighted by Gasteiger charge is 2.26. The second-order valence-electron chi connectivity index (χ2n) is 6.11. The molecule has 6 nitrogen and oxygen atoms in total. The Hall–Kier alpha value is -2.73. The molecule has 1 fully saturated rings. The van der Waals surface area contributed by atoms with E-state index in [1.54, 1.807) is 15.8 Å². The standard InChI is InChI=1S/C18H19N5O/c1-21-11-15(10-20-21)23-9-8-22(13-18(23)24)12-17-16-5-3-2-4-14(16)6-7-19-17/h2-7,10-11H,8-9,12-13H2,1H3. The van der Waals surface area contributed by atoms with E-state index in [-0.39, 0.29) is 5.91 Å². The maximum Gasteiger partial charge on any atom is 0.241 e. The summed E-state index contributed by atoms with van der Waals surface area (Å²) in [5.74, 6) is 0.106. The zero-order chi connectivity index (χ0) is 16.5. The average Bonchev–Trinajstić information content (AvgIpc) is 3.01. The Morgan fingerprint density at radius 2 is 2.04 bits per heavy atom. The minimum Gasteiger partial charge on any atom is -0.307 e. The van der Waals surface area contributed by atoms with Crippen LogP contribution in [0.1, 0.15) is 5.69 Å². The van der Waals surface area contributed by atoms with Crippen LogP contribution >= 0.6 is 0 Å². The summed E-state index contributed by atoms with van der Waals surface area (Å²) in [6.45, 7) is 2.59. The number of aryl methyl sites for hydroxylation is 1. The topological polar surface area (TPSA) is 54.3 Å². The predicted molar refractivity (Wildman–Crippen MR) is 92.6 cm³/mol. The van der Waals surface area contributed by atoms with Crippen LogP contribution in [-0.2, 0) is 18.4 Å². The Balaban J connectivity index is 1.50. The lowest BCUT2D eigenvalue weighted by molar-refractivity contribution is -0.121. The molecule has 3 heterocycles. The highest BCUT2D eigenvalue weighted by Crippen LogP contribution is 2.20. The fourth-order valence-corrected chi connectivity index (χ4v) is 3.20. The van der Waals surface area contributed by atoms with E-state index in [0.717, 1.165) is 23.3 Å². The summed E-state index contributed by atoms with van der Waals surface area (Å²) in [5, 5.41) is 6.48. The third-order valence-corrected chi connectivity index (χ3v) is 4.43. The summed E-state index contributed by atoms with van der Waals surface area (Å²) in [6.07, 6.45) is 5.45. The lowest BCUT2D eigenvalue weighted by atomic mass is 10.1. The van der Waals surface area contributed by atoms with Gasteiger partial charge in [-0.1, -0.05) is 24.3 Å². The van der Waals surface area contributed by atoms with Gasteiger partial charge in [-0.15, -0.1) is 0 Å². The normalized spacial score (nSPS) is 16.0. The van der Waals surface area contributed by atoms with Crippen LogP contribution in [0.25, 0.3) is 10.8 Å². The van der Waals surface area contributed by atoms with E-state index in [4.69, 9.17) is 0 Å². The molecule has 1 aliphatic heterocycles. The maximum absolute atomic E-state index is 12.5. The zero-order valence-electron chi connectivity index (χ0n) is 13.6. The van der Waals surface area contributed by atoms with Gasteiger partial charge in [-0.05, 0) is 11.5 Å². The number of piperazine rings is 1.